The van der Waals surface area contributed by atoms with Gasteiger partial charge in [0.15, 0.2) is 17.3 Å². The maximum absolute atomic E-state index is 11.8. The highest BCUT2D eigenvalue weighted by Crippen LogP contribution is 2.36. The summed E-state index contributed by atoms with van der Waals surface area (Å²) >= 11 is 0. The first-order valence-electron chi connectivity index (χ1n) is 8.60. The van der Waals surface area contributed by atoms with Gasteiger partial charge in [0, 0.05) is 17.5 Å². The Morgan fingerprint density at radius 3 is 2.46 bits per heavy atom. The molecule has 7 nitrogen and oxygen atoms in total. The maximum Gasteiger partial charge on any atom is 0.230 e. The number of ketones is 1. The number of Topliss-reactive ketones (excluding diaryl/α,β-unsaturated/α-hetero) is 1. The van der Waals surface area contributed by atoms with Gasteiger partial charge in [-0.25, -0.2) is 9.97 Å². The fourth-order valence-electron chi connectivity index (χ4n) is 3.25. The predicted molar refractivity (Wildman–Crippen MR) is 104 cm³/mol. The van der Waals surface area contributed by atoms with Crippen LogP contribution in [0, 0.1) is 6.92 Å². The molecule has 4 aromatic rings. The smallest absolute Gasteiger partial charge is 0.230 e. The second kappa shape index (κ2) is 6.84. The van der Waals surface area contributed by atoms with E-state index in [9.17, 15) is 4.79 Å². The first-order valence-corrected chi connectivity index (χ1v) is 8.60. The van der Waals surface area contributed by atoms with Gasteiger partial charge in [-0.15, -0.1) is 0 Å². The topological polar surface area (TPSA) is 83.7 Å². The highest BCUT2D eigenvalue weighted by molar-refractivity contribution is 6.07. The van der Waals surface area contributed by atoms with E-state index in [0.717, 1.165) is 5.39 Å². The SMILES string of the molecule is COc1cc2ncnc(Oc3ccc4c(C(C)=O)c(C)oc4c3)c2cc1OC. The molecule has 2 aromatic carbocycles. The molecule has 2 aromatic heterocycles. The van der Waals surface area contributed by atoms with E-state index in [1.54, 1.807) is 45.4 Å². The van der Waals surface area contributed by atoms with Crippen molar-refractivity contribution in [1.82, 2.24) is 9.97 Å². The fourth-order valence-corrected chi connectivity index (χ4v) is 3.25. The van der Waals surface area contributed by atoms with E-state index in [-0.39, 0.29) is 5.78 Å². The summed E-state index contributed by atoms with van der Waals surface area (Å²) < 4.78 is 22.4. The van der Waals surface area contributed by atoms with E-state index in [1.807, 2.05) is 6.07 Å². The third-order valence-corrected chi connectivity index (χ3v) is 4.51. The minimum atomic E-state index is -0.0345. The van der Waals surface area contributed by atoms with Crippen LogP contribution in [0.1, 0.15) is 23.0 Å². The zero-order valence-electron chi connectivity index (χ0n) is 15.9. The molecule has 0 aliphatic rings. The van der Waals surface area contributed by atoms with E-state index in [2.05, 4.69) is 9.97 Å². The van der Waals surface area contributed by atoms with E-state index < -0.39 is 0 Å². The van der Waals surface area contributed by atoms with Gasteiger partial charge in [-0.2, -0.15) is 0 Å². The van der Waals surface area contributed by atoms with Crippen molar-refractivity contribution in [3.8, 4) is 23.1 Å². The number of nitrogens with zero attached hydrogens (tertiary/aromatic N) is 2. The normalized spacial score (nSPS) is 11.0. The number of benzene rings is 2. The Morgan fingerprint density at radius 1 is 1.00 bits per heavy atom. The van der Waals surface area contributed by atoms with E-state index in [4.69, 9.17) is 18.6 Å². The molecule has 0 fully saturated rings. The molecule has 0 bridgehead atoms. The molecule has 0 spiro atoms. The second-order valence-corrected chi connectivity index (χ2v) is 6.25. The summed E-state index contributed by atoms with van der Waals surface area (Å²) in [6.07, 6.45) is 1.42. The summed E-state index contributed by atoms with van der Waals surface area (Å²) in [7, 11) is 3.13. The van der Waals surface area contributed by atoms with E-state index in [0.29, 0.717) is 50.9 Å². The lowest BCUT2D eigenvalue weighted by atomic mass is 10.1. The minimum Gasteiger partial charge on any atom is -0.493 e. The number of methoxy groups -OCH3 is 2. The molecule has 4 rings (SSSR count). The fraction of sp³-hybridized carbons (Fsp3) is 0.190. The van der Waals surface area contributed by atoms with Crippen molar-refractivity contribution < 1.29 is 23.4 Å². The lowest BCUT2D eigenvalue weighted by Crippen LogP contribution is -1.95. The molecule has 142 valence electrons. The van der Waals surface area contributed by atoms with Crippen LogP contribution in [0.4, 0.5) is 0 Å². The van der Waals surface area contributed by atoms with Crippen molar-refractivity contribution in [1.29, 1.82) is 0 Å². The van der Waals surface area contributed by atoms with Crippen LogP contribution in [0.2, 0.25) is 0 Å². The molecule has 0 saturated heterocycles. The van der Waals surface area contributed by atoms with E-state index in [1.165, 1.54) is 13.3 Å². The first-order chi connectivity index (χ1) is 13.5. The second-order valence-electron chi connectivity index (χ2n) is 6.25. The zero-order chi connectivity index (χ0) is 19.8. The third-order valence-electron chi connectivity index (χ3n) is 4.51. The molecule has 2 heterocycles. The molecule has 0 aliphatic heterocycles. The number of aromatic nitrogens is 2. The number of rotatable bonds is 5. The molecule has 0 unspecified atom stereocenters. The van der Waals surface area contributed by atoms with Crippen LogP contribution in [-0.2, 0) is 0 Å². The summed E-state index contributed by atoms with van der Waals surface area (Å²) in [5, 5.41) is 1.44. The largest absolute Gasteiger partial charge is 0.493 e. The Balaban J connectivity index is 1.78. The molecule has 7 heteroatoms. The van der Waals surface area contributed by atoms with Crippen molar-refractivity contribution in [3.05, 3.63) is 48.0 Å². The Labute approximate surface area is 160 Å². The number of hydrogen-bond donors (Lipinski definition) is 0. The lowest BCUT2D eigenvalue weighted by molar-refractivity contribution is 0.101. The Hall–Kier alpha value is -3.61. The predicted octanol–water partition coefficient (Wildman–Crippen LogP) is 4.70. The number of ether oxygens (including phenoxy) is 3. The summed E-state index contributed by atoms with van der Waals surface area (Å²) in [6.45, 7) is 3.30. The average molecular weight is 378 g/mol. The summed E-state index contributed by atoms with van der Waals surface area (Å²) in [4.78, 5) is 20.4. The van der Waals surface area contributed by atoms with Crippen LogP contribution in [0.3, 0.4) is 0 Å². The maximum atomic E-state index is 11.8. The molecule has 0 atom stereocenters. The van der Waals surface area contributed by atoms with Gasteiger partial charge in [0.1, 0.15) is 23.4 Å². The first kappa shape index (κ1) is 17.8. The number of aryl methyl sites for hydroxylation is 1. The van der Waals surface area contributed by atoms with Crippen molar-refractivity contribution in [2.24, 2.45) is 0 Å². The van der Waals surface area contributed by atoms with Gasteiger partial charge in [-0.1, -0.05) is 0 Å². The van der Waals surface area contributed by atoms with Crippen LogP contribution in [0.5, 0.6) is 23.1 Å². The molecule has 0 aliphatic carbocycles. The molecule has 0 saturated carbocycles. The monoisotopic (exact) mass is 378 g/mol. The number of carbonyl (C=O) groups excluding carboxylic acids is 1. The Kier molecular flexibility index (Phi) is 4.35. The van der Waals surface area contributed by atoms with E-state index >= 15 is 0 Å². The van der Waals surface area contributed by atoms with Gasteiger partial charge >= 0.3 is 0 Å². The van der Waals surface area contributed by atoms with Crippen molar-refractivity contribution >= 4 is 27.7 Å². The molecule has 28 heavy (non-hydrogen) atoms. The van der Waals surface area contributed by atoms with Crippen LogP contribution >= 0.6 is 0 Å². The van der Waals surface area contributed by atoms with Crippen molar-refractivity contribution in [2.45, 2.75) is 13.8 Å². The van der Waals surface area contributed by atoms with Crippen LogP contribution in [-0.4, -0.2) is 30.0 Å². The summed E-state index contributed by atoms with van der Waals surface area (Å²) in [5.74, 6) is 2.59. The average Bonchev–Trinajstić information content (AvgIpc) is 3.02. The lowest BCUT2D eigenvalue weighted by Gasteiger charge is -2.11. The number of carbonyl (C=O) groups is 1. The molecular formula is C21H18N2O5. The Morgan fingerprint density at radius 2 is 1.75 bits per heavy atom. The van der Waals surface area contributed by atoms with Crippen LogP contribution in [0.25, 0.3) is 21.9 Å². The molecule has 0 N–H and O–H groups in total. The number of fused-ring (bicyclic) bond motifs is 2. The van der Waals surface area contributed by atoms with Gasteiger partial charge in [-0.3, -0.25) is 4.79 Å². The van der Waals surface area contributed by atoms with Gasteiger partial charge in [0.25, 0.3) is 0 Å². The van der Waals surface area contributed by atoms with Crippen molar-refractivity contribution in [3.63, 3.8) is 0 Å². The molecule has 0 radical (unpaired) electrons. The van der Waals surface area contributed by atoms with Crippen molar-refractivity contribution in [2.75, 3.05) is 14.2 Å². The van der Waals surface area contributed by atoms with Gasteiger partial charge in [0.2, 0.25) is 5.88 Å². The number of hydrogen-bond acceptors (Lipinski definition) is 7. The van der Waals surface area contributed by atoms with Gasteiger partial charge < -0.3 is 18.6 Å². The summed E-state index contributed by atoms with van der Waals surface area (Å²) in [6, 6.07) is 8.86. The zero-order valence-corrected chi connectivity index (χ0v) is 15.9. The standard InChI is InChI=1S/C21H18N2O5/c1-11(24)20-12(2)27-17-7-13(5-6-14(17)20)28-21-15-8-18(25-3)19(26-4)9-16(15)22-10-23-21/h5-10H,1-4H3. The highest BCUT2D eigenvalue weighted by Gasteiger charge is 2.17. The van der Waals surface area contributed by atoms with Crippen LogP contribution < -0.4 is 14.2 Å². The molecule has 0 amide bonds. The molecular weight excluding hydrogens is 360 g/mol. The van der Waals surface area contributed by atoms with Crippen LogP contribution in [0.15, 0.2) is 41.1 Å². The van der Waals surface area contributed by atoms with Gasteiger partial charge in [-0.05, 0) is 32.0 Å². The Bertz CT molecular complexity index is 1210. The number of furan rings is 1. The third kappa shape index (κ3) is 2.90. The quantitative estimate of drug-likeness (QED) is 0.466. The minimum absolute atomic E-state index is 0.0345. The van der Waals surface area contributed by atoms with Gasteiger partial charge in [0.05, 0.1) is 30.7 Å². The highest BCUT2D eigenvalue weighted by atomic mass is 16.5. The summed E-state index contributed by atoms with van der Waals surface area (Å²) in [5.41, 5.74) is 1.83.